The molecule has 8 nitrogen and oxygen atoms in total. The molecule has 0 unspecified atom stereocenters. The average Bonchev–Trinajstić information content (AvgIpc) is 3.14. The fraction of sp³-hybridized carbons (Fsp3) is 0.130. The second-order valence-corrected chi connectivity index (χ2v) is 7.37. The van der Waals surface area contributed by atoms with Gasteiger partial charge in [-0.3, -0.25) is 4.79 Å². The van der Waals surface area contributed by atoms with Crippen LogP contribution in [-0.2, 0) is 4.79 Å². The standard InChI is InChI=1S/C23H21N7O/c1-2-19(31)27-17-8-4-16(5-9-17)21-20(22-23(24)25-14-26-30(22)28-21)15-6-10-18(11-7-15)29-12-3-13-29/h2,4-11,14H,1,3,12-13H2,(H,27,31)(H2,24,25,26). The lowest BCUT2D eigenvalue weighted by Crippen LogP contribution is -2.36. The summed E-state index contributed by atoms with van der Waals surface area (Å²) < 4.78 is 1.52. The number of nitrogens with two attached hydrogens (primary N) is 1. The van der Waals surface area contributed by atoms with Gasteiger partial charge in [0.2, 0.25) is 5.91 Å². The molecule has 0 aliphatic carbocycles. The van der Waals surface area contributed by atoms with Crippen molar-refractivity contribution in [1.82, 2.24) is 19.8 Å². The summed E-state index contributed by atoms with van der Waals surface area (Å²) in [6.07, 6.45) is 3.86. The maximum Gasteiger partial charge on any atom is 0.247 e. The summed E-state index contributed by atoms with van der Waals surface area (Å²) in [4.78, 5) is 18.1. The molecule has 0 spiro atoms. The number of benzene rings is 2. The third kappa shape index (κ3) is 3.38. The molecule has 5 rings (SSSR count). The molecule has 0 atom stereocenters. The van der Waals surface area contributed by atoms with E-state index in [4.69, 9.17) is 5.73 Å². The van der Waals surface area contributed by atoms with Crippen LogP contribution in [0.5, 0.6) is 0 Å². The molecule has 0 saturated carbocycles. The van der Waals surface area contributed by atoms with Crippen molar-refractivity contribution in [2.24, 2.45) is 0 Å². The topological polar surface area (TPSA) is 101 Å². The van der Waals surface area contributed by atoms with Gasteiger partial charge in [-0.15, -0.1) is 14.8 Å². The van der Waals surface area contributed by atoms with E-state index in [1.54, 1.807) is 0 Å². The quantitative estimate of drug-likeness (QED) is 0.488. The van der Waals surface area contributed by atoms with Gasteiger partial charge in [-0.1, -0.05) is 30.8 Å². The van der Waals surface area contributed by atoms with Gasteiger partial charge < -0.3 is 16.0 Å². The van der Waals surface area contributed by atoms with Crippen LogP contribution in [0.2, 0.25) is 0 Å². The molecule has 3 heterocycles. The number of aromatic nitrogens is 4. The predicted octanol–water partition coefficient (Wildman–Crippen LogP) is 3.38. The zero-order chi connectivity index (χ0) is 21.4. The summed E-state index contributed by atoms with van der Waals surface area (Å²) in [5.41, 5.74) is 12.2. The molecule has 2 aromatic carbocycles. The number of hydrogen-bond donors (Lipinski definition) is 2. The first-order chi connectivity index (χ1) is 15.1. The molecular formula is C23H21N7O. The molecule has 3 N–H and O–H groups in total. The summed E-state index contributed by atoms with van der Waals surface area (Å²) in [6.45, 7) is 5.66. The number of anilines is 3. The highest BCUT2D eigenvalue weighted by Crippen LogP contribution is 2.37. The first-order valence-electron chi connectivity index (χ1n) is 10.0. The lowest BCUT2D eigenvalue weighted by Gasteiger charge is -2.33. The van der Waals surface area contributed by atoms with Crippen molar-refractivity contribution < 1.29 is 4.79 Å². The molecule has 0 radical (unpaired) electrons. The highest BCUT2D eigenvalue weighted by atomic mass is 16.1. The van der Waals surface area contributed by atoms with E-state index in [9.17, 15) is 4.79 Å². The Hall–Kier alpha value is -4.20. The zero-order valence-electron chi connectivity index (χ0n) is 16.8. The molecule has 1 aliphatic heterocycles. The number of nitrogens with zero attached hydrogens (tertiary/aromatic N) is 5. The predicted molar refractivity (Wildman–Crippen MR) is 122 cm³/mol. The summed E-state index contributed by atoms with van der Waals surface area (Å²) in [7, 11) is 0. The Morgan fingerprint density at radius 2 is 1.77 bits per heavy atom. The largest absolute Gasteiger partial charge is 0.382 e. The van der Waals surface area contributed by atoms with E-state index in [0.717, 1.165) is 35.5 Å². The fourth-order valence-corrected chi connectivity index (χ4v) is 3.71. The second-order valence-electron chi connectivity index (χ2n) is 7.37. The van der Waals surface area contributed by atoms with Crippen LogP contribution in [0.1, 0.15) is 6.42 Å². The normalized spacial score (nSPS) is 13.1. The maximum atomic E-state index is 11.6. The van der Waals surface area contributed by atoms with Crippen molar-refractivity contribution in [2.45, 2.75) is 6.42 Å². The smallest absolute Gasteiger partial charge is 0.247 e. The van der Waals surface area contributed by atoms with E-state index in [-0.39, 0.29) is 5.91 Å². The van der Waals surface area contributed by atoms with Gasteiger partial charge in [0.05, 0.1) is 0 Å². The van der Waals surface area contributed by atoms with E-state index >= 15 is 0 Å². The van der Waals surface area contributed by atoms with E-state index in [2.05, 4.69) is 56.2 Å². The first kappa shape index (κ1) is 18.8. The Bertz CT molecular complexity index is 1270. The van der Waals surface area contributed by atoms with Gasteiger partial charge in [-0.05, 0) is 42.3 Å². The summed E-state index contributed by atoms with van der Waals surface area (Å²) in [5.74, 6) is 0.108. The van der Waals surface area contributed by atoms with Gasteiger partial charge in [-0.25, -0.2) is 4.98 Å². The minimum atomic E-state index is -0.258. The van der Waals surface area contributed by atoms with Gasteiger partial charge >= 0.3 is 0 Å². The van der Waals surface area contributed by atoms with Crippen molar-refractivity contribution >= 4 is 28.6 Å². The number of carbonyl (C=O) groups is 1. The van der Waals surface area contributed by atoms with Crippen LogP contribution >= 0.6 is 0 Å². The second kappa shape index (κ2) is 7.56. The van der Waals surface area contributed by atoms with Crippen molar-refractivity contribution in [1.29, 1.82) is 0 Å². The molecule has 1 amide bonds. The zero-order valence-corrected chi connectivity index (χ0v) is 16.8. The number of nitrogens with one attached hydrogen (secondary N) is 1. The van der Waals surface area contributed by atoms with Crippen LogP contribution in [0, 0.1) is 0 Å². The number of amides is 1. The van der Waals surface area contributed by atoms with Crippen LogP contribution in [0.3, 0.4) is 0 Å². The molecule has 4 aromatic rings. The average molecular weight is 411 g/mol. The molecule has 2 aromatic heterocycles. The highest BCUT2D eigenvalue weighted by molar-refractivity contribution is 5.99. The Morgan fingerprint density at radius 1 is 1.06 bits per heavy atom. The van der Waals surface area contributed by atoms with Crippen molar-refractivity contribution in [3.05, 3.63) is 67.5 Å². The van der Waals surface area contributed by atoms with E-state index in [0.29, 0.717) is 17.0 Å². The molecular weight excluding hydrogens is 390 g/mol. The maximum absolute atomic E-state index is 11.6. The first-order valence-corrected chi connectivity index (χ1v) is 10.0. The van der Waals surface area contributed by atoms with Gasteiger partial charge in [-0.2, -0.15) is 0 Å². The molecule has 1 aliphatic rings. The number of fused-ring (bicyclic) bond motifs is 1. The minimum absolute atomic E-state index is 0.258. The van der Waals surface area contributed by atoms with Crippen molar-refractivity contribution in [3.8, 4) is 22.4 Å². The van der Waals surface area contributed by atoms with Gasteiger partial charge in [0.15, 0.2) is 5.82 Å². The molecule has 1 fully saturated rings. The fourth-order valence-electron chi connectivity index (χ4n) is 3.71. The minimum Gasteiger partial charge on any atom is -0.382 e. The van der Waals surface area contributed by atoms with Crippen LogP contribution in [0.15, 0.2) is 67.5 Å². The van der Waals surface area contributed by atoms with Crippen LogP contribution in [0.25, 0.3) is 27.9 Å². The van der Waals surface area contributed by atoms with Crippen molar-refractivity contribution in [3.63, 3.8) is 0 Å². The molecule has 154 valence electrons. The third-order valence-corrected chi connectivity index (χ3v) is 5.46. The van der Waals surface area contributed by atoms with E-state index < -0.39 is 0 Å². The van der Waals surface area contributed by atoms with Crippen LogP contribution < -0.4 is 16.0 Å². The Balaban J connectivity index is 1.61. The van der Waals surface area contributed by atoms with E-state index in [1.807, 2.05) is 24.3 Å². The van der Waals surface area contributed by atoms with Crippen LogP contribution in [-0.4, -0.2) is 38.8 Å². The number of nitrogen functional groups attached to an aromatic ring is 1. The number of rotatable bonds is 5. The van der Waals surface area contributed by atoms with E-state index in [1.165, 1.54) is 29.1 Å². The van der Waals surface area contributed by atoms with Gasteiger partial charge in [0, 0.05) is 35.6 Å². The Labute approximate surface area is 179 Å². The highest BCUT2D eigenvalue weighted by Gasteiger charge is 2.21. The monoisotopic (exact) mass is 411 g/mol. The number of carbonyl (C=O) groups excluding carboxylic acids is 1. The summed E-state index contributed by atoms with van der Waals surface area (Å²) in [6, 6.07) is 15.9. The van der Waals surface area contributed by atoms with Crippen molar-refractivity contribution in [2.75, 3.05) is 29.0 Å². The molecule has 0 bridgehead atoms. The SMILES string of the molecule is C=CC(=O)Nc1ccc(-c2nn3ncnc(N)c3c2-c2ccc(N3CCC3)cc2)cc1. The van der Waals surface area contributed by atoms with Gasteiger partial charge in [0.25, 0.3) is 0 Å². The molecule has 8 heteroatoms. The lowest BCUT2D eigenvalue weighted by molar-refractivity contribution is -0.111. The third-order valence-electron chi connectivity index (χ3n) is 5.46. The number of hydrogen-bond acceptors (Lipinski definition) is 6. The summed E-state index contributed by atoms with van der Waals surface area (Å²) in [5, 5.41) is 11.7. The Kier molecular flexibility index (Phi) is 4.59. The summed E-state index contributed by atoms with van der Waals surface area (Å²) >= 11 is 0. The Morgan fingerprint density at radius 3 is 2.42 bits per heavy atom. The molecule has 31 heavy (non-hydrogen) atoms. The van der Waals surface area contributed by atoms with Crippen LogP contribution in [0.4, 0.5) is 17.2 Å². The van der Waals surface area contributed by atoms with Gasteiger partial charge in [0.1, 0.15) is 17.5 Å². The lowest BCUT2D eigenvalue weighted by atomic mass is 9.99. The molecule has 1 saturated heterocycles.